The lowest BCUT2D eigenvalue weighted by atomic mass is 10.1. The second-order valence-electron chi connectivity index (χ2n) is 4.91. The van der Waals surface area contributed by atoms with E-state index in [-0.39, 0.29) is 0 Å². The third-order valence-corrected chi connectivity index (χ3v) is 3.47. The summed E-state index contributed by atoms with van der Waals surface area (Å²) in [6, 6.07) is 6.73. The summed E-state index contributed by atoms with van der Waals surface area (Å²) < 4.78 is 5.36. The Bertz CT molecular complexity index is 644. The van der Waals surface area contributed by atoms with Gasteiger partial charge < -0.3 is 15.4 Å². The molecule has 0 unspecified atom stereocenters. The summed E-state index contributed by atoms with van der Waals surface area (Å²) in [5.74, 6) is 0.966. The van der Waals surface area contributed by atoms with Crippen molar-refractivity contribution in [3.63, 3.8) is 0 Å². The van der Waals surface area contributed by atoms with Crippen molar-refractivity contribution < 1.29 is 4.74 Å². The number of aryl methyl sites for hydroxylation is 2. The first kappa shape index (κ1) is 13.6. The first-order valence-electron chi connectivity index (χ1n) is 7.24. The maximum Gasteiger partial charge on any atom is 0.323 e. The predicted molar refractivity (Wildman–Crippen MR) is 82.3 cm³/mol. The minimum atomic E-state index is 0.320. The lowest BCUT2D eigenvalue weighted by molar-refractivity contribution is 0.312. The van der Waals surface area contributed by atoms with E-state index in [2.05, 4.69) is 43.8 Å². The van der Waals surface area contributed by atoms with Crippen LogP contribution in [0.1, 0.15) is 24.5 Å². The lowest BCUT2D eigenvalue weighted by Gasteiger charge is -2.09. The summed E-state index contributed by atoms with van der Waals surface area (Å²) >= 11 is 0. The Morgan fingerprint density at radius 1 is 1.10 bits per heavy atom. The van der Waals surface area contributed by atoms with Gasteiger partial charge in [-0.25, -0.2) is 0 Å². The Balaban J connectivity index is 1.85. The van der Waals surface area contributed by atoms with Crippen LogP contribution in [0.25, 0.3) is 0 Å². The number of benzene rings is 1. The standard InChI is InChI=1S/C15H19N5O/c1-3-21-15-19-13(16-2)18-14(20-15)17-12-8-7-10-5-4-6-11(10)9-12/h7-9H,3-6H2,1-2H3,(H2,16,17,18,19,20). The molecule has 0 radical (unpaired) electrons. The molecule has 0 saturated heterocycles. The Morgan fingerprint density at radius 3 is 2.71 bits per heavy atom. The number of hydrogen-bond acceptors (Lipinski definition) is 6. The molecular weight excluding hydrogens is 266 g/mol. The maximum absolute atomic E-state index is 5.36. The molecule has 1 aliphatic carbocycles. The Kier molecular flexibility index (Phi) is 3.85. The zero-order chi connectivity index (χ0) is 14.7. The molecule has 0 spiro atoms. The zero-order valence-corrected chi connectivity index (χ0v) is 12.3. The lowest BCUT2D eigenvalue weighted by Crippen LogP contribution is -2.07. The third-order valence-electron chi connectivity index (χ3n) is 3.47. The fourth-order valence-electron chi connectivity index (χ4n) is 2.50. The van der Waals surface area contributed by atoms with Gasteiger partial charge in [0.1, 0.15) is 0 Å². The molecule has 1 heterocycles. The van der Waals surface area contributed by atoms with Gasteiger partial charge in [-0.3, -0.25) is 0 Å². The highest BCUT2D eigenvalue weighted by Crippen LogP contribution is 2.26. The molecule has 0 amide bonds. The molecule has 3 rings (SSSR count). The van der Waals surface area contributed by atoms with Gasteiger partial charge in [0.15, 0.2) is 0 Å². The molecule has 2 aromatic rings. The van der Waals surface area contributed by atoms with E-state index in [0.29, 0.717) is 24.5 Å². The molecule has 6 heteroatoms. The Morgan fingerprint density at radius 2 is 1.90 bits per heavy atom. The number of aromatic nitrogens is 3. The second-order valence-corrected chi connectivity index (χ2v) is 4.91. The van der Waals surface area contributed by atoms with Gasteiger partial charge in [0.05, 0.1) is 6.61 Å². The summed E-state index contributed by atoms with van der Waals surface area (Å²) in [6.45, 7) is 2.42. The molecule has 1 aromatic carbocycles. The highest BCUT2D eigenvalue weighted by atomic mass is 16.5. The van der Waals surface area contributed by atoms with E-state index in [0.717, 1.165) is 12.1 Å². The van der Waals surface area contributed by atoms with E-state index in [9.17, 15) is 0 Å². The number of nitrogens with one attached hydrogen (secondary N) is 2. The third kappa shape index (κ3) is 3.04. The molecule has 0 fully saturated rings. The molecule has 0 saturated carbocycles. The number of anilines is 3. The fraction of sp³-hybridized carbons (Fsp3) is 0.400. The van der Waals surface area contributed by atoms with Crippen molar-refractivity contribution >= 4 is 17.6 Å². The molecule has 6 nitrogen and oxygen atoms in total. The van der Waals surface area contributed by atoms with Crippen LogP contribution in [0.2, 0.25) is 0 Å². The molecule has 21 heavy (non-hydrogen) atoms. The smallest absolute Gasteiger partial charge is 0.323 e. The SMILES string of the molecule is CCOc1nc(NC)nc(Nc2ccc3c(c2)CCC3)n1. The topological polar surface area (TPSA) is 72.0 Å². The van der Waals surface area contributed by atoms with Gasteiger partial charge in [0.25, 0.3) is 0 Å². The van der Waals surface area contributed by atoms with E-state index in [1.165, 1.54) is 24.0 Å². The molecule has 1 aliphatic rings. The van der Waals surface area contributed by atoms with Crippen molar-refractivity contribution in [3.05, 3.63) is 29.3 Å². The van der Waals surface area contributed by atoms with Gasteiger partial charge in [0, 0.05) is 12.7 Å². The summed E-state index contributed by atoms with van der Waals surface area (Å²) in [7, 11) is 1.77. The van der Waals surface area contributed by atoms with Crippen LogP contribution < -0.4 is 15.4 Å². The van der Waals surface area contributed by atoms with Gasteiger partial charge >= 0.3 is 6.01 Å². The van der Waals surface area contributed by atoms with Gasteiger partial charge in [-0.05, 0) is 49.4 Å². The predicted octanol–water partition coefficient (Wildman–Crippen LogP) is 2.54. The van der Waals surface area contributed by atoms with Crippen molar-refractivity contribution in [2.45, 2.75) is 26.2 Å². The quantitative estimate of drug-likeness (QED) is 0.879. The molecular formula is C15H19N5O. The fourth-order valence-corrected chi connectivity index (χ4v) is 2.50. The van der Waals surface area contributed by atoms with Crippen LogP contribution in [0.15, 0.2) is 18.2 Å². The van der Waals surface area contributed by atoms with Gasteiger partial charge in [-0.15, -0.1) is 0 Å². The van der Waals surface area contributed by atoms with Crippen LogP contribution in [-0.4, -0.2) is 28.6 Å². The summed E-state index contributed by atoms with van der Waals surface area (Å²) in [5.41, 5.74) is 3.85. The highest BCUT2D eigenvalue weighted by Gasteiger charge is 2.12. The average molecular weight is 285 g/mol. The largest absolute Gasteiger partial charge is 0.464 e. The minimum Gasteiger partial charge on any atom is -0.464 e. The Labute approximate surface area is 124 Å². The Hall–Kier alpha value is -2.37. The number of ether oxygens (including phenoxy) is 1. The van der Waals surface area contributed by atoms with Crippen LogP contribution >= 0.6 is 0 Å². The van der Waals surface area contributed by atoms with E-state index in [1.807, 2.05) is 6.92 Å². The zero-order valence-electron chi connectivity index (χ0n) is 12.3. The average Bonchev–Trinajstić information content (AvgIpc) is 2.95. The molecule has 0 bridgehead atoms. The van der Waals surface area contributed by atoms with Crippen molar-refractivity contribution in [1.29, 1.82) is 0 Å². The van der Waals surface area contributed by atoms with Crippen LogP contribution in [0.5, 0.6) is 6.01 Å². The van der Waals surface area contributed by atoms with Crippen molar-refractivity contribution in [1.82, 2.24) is 15.0 Å². The van der Waals surface area contributed by atoms with Crippen LogP contribution in [-0.2, 0) is 12.8 Å². The second kappa shape index (κ2) is 5.95. The number of fused-ring (bicyclic) bond motifs is 1. The van der Waals surface area contributed by atoms with Gasteiger partial charge in [0.2, 0.25) is 11.9 Å². The number of hydrogen-bond donors (Lipinski definition) is 2. The molecule has 110 valence electrons. The minimum absolute atomic E-state index is 0.320. The first-order valence-corrected chi connectivity index (χ1v) is 7.24. The van der Waals surface area contributed by atoms with E-state index < -0.39 is 0 Å². The first-order chi connectivity index (χ1) is 10.3. The highest BCUT2D eigenvalue weighted by molar-refractivity contribution is 5.57. The van der Waals surface area contributed by atoms with Gasteiger partial charge in [-0.1, -0.05) is 6.07 Å². The normalized spacial score (nSPS) is 12.9. The van der Waals surface area contributed by atoms with Gasteiger partial charge in [-0.2, -0.15) is 15.0 Å². The number of nitrogens with zero attached hydrogens (tertiary/aromatic N) is 3. The van der Waals surface area contributed by atoms with Crippen molar-refractivity contribution in [2.75, 3.05) is 24.3 Å². The molecule has 2 N–H and O–H groups in total. The molecule has 1 aromatic heterocycles. The van der Waals surface area contributed by atoms with E-state index >= 15 is 0 Å². The van der Waals surface area contributed by atoms with Crippen LogP contribution in [0.4, 0.5) is 17.6 Å². The monoisotopic (exact) mass is 285 g/mol. The van der Waals surface area contributed by atoms with Crippen molar-refractivity contribution in [3.8, 4) is 6.01 Å². The number of rotatable bonds is 5. The van der Waals surface area contributed by atoms with Crippen LogP contribution in [0, 0.1) is 0 Å². The summed E-state index contributed by atoms with van der Waals surface area (Å²) in [4.78, 5) is 12.7. The van der Waals surface area contributed by atoms with Crippen molar-refractivity contribution in [2.24, 2.45) is 0 Å². The van der Waals surface area contributed by atoms with E-state index in [1.54, 1.807) is 7.05 Å². The summed E-state index contributed by atoms with van der Waals surface area (Å²) in [5, 5.41) is 6.14. The van der Waals surface area contributed by atoms with Crippen LogP contribution in [0.3, 0.4) is 0 Å². The van der Waals surface area contributed by atoms with E-state index in [4.69, 9.17) is 4.74 Å². The molecule has 0 aliphatic heterocycles. The summed E-state index contributed by atoms with van der Waals surface area (Å²) in [6.07, 6.45) is 3.57. The maximum atomic E-state index is 5.36. The molecule has 0 atom stereocenters.